The van der Waals surface area contributed by atoms with E-state index in [9.17, 15) is 17.6 Å². The van der Waals surface area contributed by atoms with Gasteiger partial charge in [0.1, 0.15) is 10.7 Å². The maximum atomic E-state index is 13.6. The highest BCUT2D eigenvalue weighted by atomic mass is 35.5. The third kappa shape index (κ3) is 4.16. The first kappa shape index (κ1) is 16.9. The quantitative estimate of drug-likeness (QED) is 0.840. The van der Waals surface area contributed by atoms with E-state index in [1.807, 2.05) is 0 Å². The summed E-state index contributed by atoms with van der Waals surface area (Å²) in [5, 5.41) is 9.05. The summed E-state index contributed by atoms with van der Waals surface area (Å²) >= 11 is 5.54. The molecule has 2 N–H and O–H groups in total. The van der Waals surface area contributed by atoms with Crippen LogP contribution in [-0.4, -0.2) is 26.0 Å². The molecule has 112 valence electrons. The van der Waals surface area contributed by atoms with Gasteiger partial charge in [-0.3, -0.25) is 4.79 Å². The van der Waals surface area contributed by atoms with Gasteiger partial charge < -0.3 is 5.11 Å². The normalized spacial score (nSPS) is 13.4. The molecule has 0 amide bonds. The van der Waals surface area contributed by atoms with Gasteiger partial charge in [0.2, 0.25) is 10.0 Å². The molecule has 0 saturated heterocycles. The molecule has 0 heterocycles. The average Bonchev–Trinajstić information content (AvgIpc) is 2.26. The third-order valence-electron chi connectivity index (χ3n) is 2.80. The number of aliphatic carboxylic acids is 1. The minimum Gasteiger partial charge on any atom is -0.481 e. The zero-order chi connectivity index (χ0) is 15.5. The van der Waals surface area contributed by atoms with Gasteiger partial charge in [-0.05, 0) is 24.1 Å². The van der Waals surface area contributed by atoms with Crippen molar-refractivity contribution in [2.75, 3.05) is 6.54 Å². The Morgan fingerprint density at radius 2 is 2.05 bits per heavy atom. The number of rotatable bonds is 6. The number of carboxylic acids is 1. The fourth-order valence-corrected chi connectivity index (χ4v) is 2.85. The molecule has 0 fully saturated rings. The Morgan fingerprint density at radius 3 is 2.50 bits per heavy atom. The van der Waals surface area contributed by atoms with Crippen molar-refractivity contribution in [3.05, 3.63) is 29.0 Å². The Hall–Kier alpha value is -1.18. The monoisotopic (exact) mass is 323 g/mol. The first-order chi connectivity index (χ1) is 9.15. The van der Waals surface area contributed by atoms with E-state index in [1.165, 1.54) is 6.07 Å². The second-order valence-corrected chi connectivity index (χ2v) is 6.79. The lowest BCUT2D eigenvalue weighted by molar-refractivity contribution is -0.142. The molecule has 8 heteroatoms. The van der Waals surface area contributed by atoms with E-state index in [4.69, 9.17) is 16.7 Å². The van der Waals surface area contributed by atoms with E-state index in [0.29, 0.717) is 0 Å². The number of carboxylic acid groups (broad SMARTS) is 1. The number of hydrogen-bond acceptors (Lipinski definition) is 3. The third-order valence-corrected chi connectivity index (χ3v) is 4.49. The predicted molar refractivity (Wildman–Crippen MR) is 72.6 cm³/mol. The molecular weight excluding hydrogens is 309 g/mol. The van der Waals surface area contributed by atoms with E-state index in [0.717, 1.165) is 12.1 Å². The molecular formula is C12H15ClFNO4S. The van der Waals surface area contributed by atoms with Crippen molar-refractivity contribution >= 4 is 27.6 Å². The van der Waals surface area contributed by atoms with E-state index >= 15 is 0 Å². The Balaban J connectivity index is 2.93. The fourth-order valence-electron chi connectivity index (χ4n) is 1.58. The molecule has 0 bridgehead atoms. The van der Waals surface area contributed by atoms with Crippen molar-refractivity contribution in [2.24, 2.45) is 11.8 Å². The number of halogens is 2. The second-order valence-electron chi connectivity index (χ2n) is 4.62. The van der Waals surface area contributed by atoms with Gasteiger partial charge in [-0.25, -0.2) is 17.5 Å². The Labute approximate surface area is 121 Å². The van der Waals surface area contributed by atoms with Crippen LogP contribution in [0.25, 0.3) is 0 Å². The number of hydrogen-bond donors (Lipinski definition) is 2. The summed E-state index contributed by atoms with van der Waals surface area (Å²) in [7, 11) is -4.12. The molecule has 0 aromatic heterocycles. The lowest BCUT2D eigenvalue weighted by Crippen LogP contribution is -2.35. The zero-order valence-corrected chi connectivity index (χ0v) is 12.5. The van der Waals surface area contributed by atoms with Gasteiger partial charge in [0.25, 0.3) is 0 Å². The smallest absolute Gasteiger partial charge is 0.308 e. The molecule has 1 aromatic rings. The van der Waals surface area contributed by atoms with Crippen LogP contribution in [0.5, 0.6) is 0 Å². The summed E-state index contributed by atoms with van der Waals surface area (Å²) in [5.74, 6) is -3.24. The van der Waals surface area contributed by atoms with Gasteiger partial charge in [0.15, 0.2) is 0 Å². The molecule has 0 radical (unpaired) electrons. The van der Waals surface area contributed by atoms with Crippen LogP contribution in [-0.2, 0) is 14.8 Å². The van der Waals surface area contributed by atoms with Crippen LogP contribution in [0.3, 0.4) is 0 Å². The largest absolute Gasteiger partial charge is 0.481 e. The lowest BCUT2D eigenvalue weighted by atomic mass is 9.97. The van der Waals surface area contributed by atoms with Crippen LogP contribution in [0.2, 0.25) is 5.02 Å². The summed E-state index contributed by atoms with van der Waals surface area (Å²) in [6.45, 7) is 3.02. The highest BCUT2D eigenvalue weighted by Gasteiger charge is 2.25. The highest BCUT2D eigenvalue weighted by molar-refractivity contribution is 7.89. The lowest BCUT2D eigenvalue weighted by Gasteiger charge is -2.17. The van der Waals surface area contributed by atoms with E-state index in [-0.39, 0.29) is 17.5 Å². The molecule has 1 atom stereocenters. The maximum absolute atomic E-state index is 13.6. The molecule has 1 aromatic carbocycles. The first-order valence-corrected chi connectivity index (χ1v) is 7.68. The van der Waals surface area contributed by atoms with E-state index in [1.54, 1.807) is 13.8 Å². The number of sulfonamides is 1. The SMILES string of the molecule is CC(C)C(CNS(=O)(=O)c1ccc(Cl)cc1F)C(=O)O. The van der Waals surface area contributed by atoms with Crippen LogP contribution < -0.4 is 4.72 Å². The maximum Gasteiger partial charge on any atom is 0.308 e. The van der Waals surface area contributed by atoms with Gasteiger partial charge >= 0.3 is 5.97 Å². The van der Waals surface area contributed by atoms with Gasteiger partial charge in [0, 0.05) is 11.6 Å². The van der Waals surface area contributed by atoms with Crippen molar-refractivity contribution in [2.45, 2.75) is 18.7 Å². The minimum atomic E-state index is -4.12. The standard InChI is InChI=1S/C12H15ClFNO4S/c1-7(2)9(12(16)17)6-15-20(18,19)11-4-3-8(13)5-10(11)14/h3-5,7,9,15H,6H2,1-2H3,(H,16,17). The predicted octanol–water partition coefficient (Wildman–Crippen LogP) is 2.11. The Bertz CT molecular complexity index is 603. The highest BCUT2D eigenvalue weighted by Crippen LogP contribution is 2.19. The zero-order valence-electron chi connectivity index (χ0n) is 10.9. The van der Waals surface area contributed by atoms with Crippen LogP contribution in [0.4, 0.5) is 4.39 Å². The van der Waals surface area contributed by atoms with Gasteiger partial charge in [-0.2, -0.15) is 0 Å². The summed E-state index contributed by atoms with van der Waals surface area (Å²) in [5.41, 5.74) is 0. The molecule has 20 heavy (non-hydrogen) atoms. The average molecular weight is 324 g/mol. The number of benzene rings is 1. The van der Waals surface area contributed by atoms with Crippen LogP contribution in [0.1, 0.15) is 13.8 Å². The van der Waals surface area contributed by atoms with Crippen molar-refractivity contribution in [3.63, 3.8) is 0 Å². The molecule has 0 spiro atoms. The van der Waals surface area contributed by atoms with Crippen molar-refractivity contribution < 1.29 is 22.7 Å². The van der Waals surface area contributed by atoms with Crippen molar-refractivity contribution in [1.82, 2.24) is 4.72 Å². The van der Waals surface area contributed by atoms with Crippen LogP contribution in [0.15, 0.2) is 23.1 Å². The first-order valence-electron chi connectivity index (χ1n) is 5.82. The summed E-state index contributed by atoms with van der Waals surface area (Å²) < 4.78 is 39.5. The molecule has 1 unspecified atom stereocenters. The molecule has 0 aliphatic heterocycles. The summed E-state index contributed by atoms with van der Waals surface area (Å²) in [6, 6.07) is 3.16. The van der Waals surface area contributed by atoms with Gasteiger partial charge in [0.05, 0.1) is 5.92 Å². The molecule has 1 rings (SSSR count). The molecule has 5 nitrogen and oxygen atoms in total. The Morgan fingerprint density at radius 1 is 1.45 bits per heavy atom. The van der Waals surface area contributed by atoms with Gasteiger partial charge in [-0.15, -0.1) is 0 Å². The van der Waals surface area contributed by atoms with Crippen LogP contribution >= 0.6 is 11.6 Å². The topological polar surface area (TPSA) is 83.5 Å². The second kappa shape index (κ2) is 6.51. The summed E-state index contributed by atoms with van der Waals surface area (Å²) in [6.07, 6.45) is 0. The number of carbonyl (C=O) groups is 1. The fraction of sp³-hybridized carbons (Fsp3) is 0.417. The van der Waals surface area contributed by atoms with E-state index < -0.39 is 32.6 Å². The summed E-state index contributed by atoms with van der Waals surface area (Å²) in [4.78, 5) is 10.4. The van der Waals surface area contributed by atoms with Crippen LogP contribution in [0, 0.1) is 17.7 Å². The van der Waals surface area contributed by atoms with Gasteiger partial charge in [-0.1, -0.05) is 25.4 Å². The molecule has 0 aliphatic carbocycles. The molecule has 0 saturated carbocycles. The molecule has 0 aliphatic rings. The minimum absolute atomic E-state index is 0.0760. The van der Waals surface area contributed by atoms with Crippen molar-refractivity contribution in [1.29, 1.82) is 0 Å². The number of nitrogens with one attached hydrogen (secondary N) is 1. The van der Waals surface area contributed by atoms with E-state index in [2.05, 4.69) is 4.72 Å². The van der Waals surface area contributed by atoms with Crippen molar-refractivity contribution in [3.8, 4) is 0 Å². The Kier molecular flexibility index (Phi) is 5.50.